The monoisotopic (exact) mass is 608 g/mol. The summed E-state index contributed by atoms with van der Waals surface area (Å²) < 4.78 is 38.7. The molecule has 0 spiro atoms. The minimum absolute atomic E-state index is 0.00511. The van der Waals surface area contributed by atoms with E-state index in [2.05, 4.69) is 10.5 Å². The van der Waals surface area contributed by atoms with Crippen molar-refractivity contribution in [1.82, 2.24) is 5.43 Å². The van der Waals surface area contributed by atoms with Gasteiger partial charge < -0.3 is 9.47 Å². The van der Waals surface area contributed by atoms with Crippen molar-refractivity contribution in [2.45, 2.75) is 11.5 Å². The average Bonchev–Trinajstić information content (AvgIpc) is 2.99. The Morgan fingerprint density at radius 3 is 2.29 bits per heavy atom. The number of anilines is 1. The molecule has 0 aromatic heterocycles. The number of nitro benzene ring substituents is 1. The standard InChI is InChI=1S/C29H25ClN4O7S/c1-40-26-13-15-28(16-14-26)42(38,39)33(25-4-2-3-23(30)17-25)19-29(35)32-31-18-21-7-11-27(12-8-21)41-20-22-5-9-24(10-6-22)34(36)37/h2-18H,19-20H2,1H3,(H,32,35)/b31-18-. The molecule has 0 bridgehead atoms. The van der Waals surface area contributed by atoms with E-state index in [9.17, 15) is 23.3 Å². The second-order valence-corrected chi connectivity index (χ2v) is 11.0. The van der Waals surface area contributed by atoms with E-state index in [1.54, 1.807) is 48.5 Å². The molecule has 1 N–H and O–H groups in total. The molecule has 11 nitrogen and oxygen atoms in total. The van der Waals surface area contributed by atoms with Crippen LogP contribution in [0.5, 0.6) is 11.5 Å². The molecular formula is C29H25ClN4O7S. The van der Waals surface area contributed by atoms with Crippen LogP contribution in [0.1, 0.15) is 11.1 Å². The number of hydrazone groups is 1. The largest absolute Gasteiger partial charge is 0.497 e. The number of rotatable bonds is 12. The van der Waals surface area contributed by atoms with Crippen LogP contribution in [0.2, 0.25) is 5.02 Å². The minimum Gasteiger partial charge on any atom is -0.497 e. The summed E-state index contributed by atoms with van der Waals surface area (Å²) in [5.41, 5.74) is 3.99. The Hall–Kier alpha value is -4.94. The lowest BCUT2D eigenvalue weighted by Crippen LogP contribution is -2.39. The summed E-state index contributed by atoms with van der Waals surface area (Å²) in [6.45, 7) is -0.328. The first-order valence-electron chi connectivity index (χ1n) is 12.4. The van der Waals surface area contributed by atoms with Crippen LogP contribution in [0, 0.1) is 10.1 Å². The molecule has 0 radical (unpaired) electrons. The van der Waals surface area contributed by atoms with E-state index >= 15 is 0 Å². The molecule has 216 valence electrons. The number of hydrogen-bond acceptors (Lipinski definition) is 8. The van der Waals surface area contributed by atoms with Gasteiger partial charge in [-0.3, -0.25) is 19.2 Å². The number of sulfonamides is 1. The summed E-state index contributed by atoms with van der Waals surface area (Å²) in [7, 11) is -2.67. The lowest BCUT2D eigenvalue weighted by Gasteiger charge is -2.24. The van der Waals surface area contributed by atoms with Gasteiger partial charge in [-0.25, -0.2) is 13.8 Å². The Morgan fingerprint density at radius 2 is 1.67 bits per heavy atom. The highest BCUT2D eigenvalue weighted by Crippen LogP contribution is 2.27. The van der Waals surface area contributed by atoms with Gasteiger partial charge in [0.15, 0.2) is 0 Å². The zero-order valence-corrected chi connectivity index (χ0v) is 23.8. The highest BCUT2D eigenvalue weighted by Gasteiger charge is 2.27. The number of methoxy groups -OCH3 is 1. The molecule has 0 unspecified atom stereocenters. The predicted molar refractivity (Wildman–Crippen MR) is 159 cm³/mol. The summed E-state index contributed by atoms with van der Waals surface area (Å²) in [4.78, 5) is 23.0. The van der Waals surface area contributed by atoms with Crippen molar-refractivity contribution in [3.8, 4) is 11.5 Å². The summed E-state index contributed by atoms with van der Waals surface area (Å²) >= 11 is 6.10. The zero-order chi connectivity index (χ0) is 30.1. The number of nitrogens with zero attached hydrogens (tertiary/aromatic N) is 3. The number of non-ortho nitro benzene ring substituents is 1. The Kier molecular flexibility index (Phi) is 9.73. The third-order valence-electron chi connectivity index (χ3n) is 5.87. The summed E-state index contributed by atoms with van der Waals surface area (Å²) in [6.07, 6.45) is 1.40. The molecule has 0 aliphatic carbocycles. The molecule has 0 saturated heterocycles. The smallest absolute Gasteiger partial charge is 0.269 e. The summed E-state index contributed by atoms with van der Waals surface area (Å²) in [5.74, 6) is 0.376. The van der Waals surface area contributed by atoms with Crippen molar-refractivity contribution in [2.75, 3.05) is 18.0 Å². The molecule has 0 aliphatic heterocycles. The van der Waals surface area contributed by atoms with Gasteiger partial charge in [0.25, 0.3) is 21.6 Å². The van der Waals surface area contributed by atoms with E-state index in [0.717, 1.165) is 9.87 Å². The number of ether oxygens (including phenoxy) is 2. The van der Waals surface area contributed by atoms with E-state index in [-0.39, 0.29) is 22.9 Å². The van der Waals surface area contributed by atoms with Gasteiger partial charge in [0.2, 0.25) is 0 Å². The van der Waals surface area contributed by atoms with Gasteiger partial charge in [0.1, 0.15) is 24.7 Å². The van der Waals surface area contributed by atoms with Crippen molar-refractivity contribution in [3.63, 3.8) is 0 Å². The third kappa shape index (κ3) is 7.83. The first-order valence-corrected chi connectivity index (χ1v) is 14.2. The highest BCUT2D eigenvalue weighted by molar-refractivity contribution is 7.92. The topological polar surface area (TPSA) is 140 Å². The summed E-state index contributed by atoms with van der Waals surface area (Å²) in [6, 6.07) is 24.9. The third-order valence-corrected chi connectivity index (χ3v) is 7.89. The number of nitrogens with one attached hydrogen (secondary N) is 1. The Bertz CT molecular complexity index is 1680. The quantitative estimate of drug-likeness (QED) is 0.133. The van der Waals surface area contributed by atoms with Crippen molar-refractivity contribution >= 4 is 45.1 Å². The molecule has 4 aromatic rings. The van der Waals surface area contributed by atoms with Crippen LogP contribution in [0.3, 0.4) is 0 Å². The van der Waals surface area contributed by atoms with Crippen molar-refractivity contribution in [2.24, 2.45) is 5.10 Å². The van der Waals surface area contributed by atoms with Gasteiger partial charge in [0.05, 0.1) is 28.8 Å². The van der Waals surface area contributed by atoms with E-state index < -0.39 is 27.4 Å². The molecule has 4 aromatic carbocycles. The van der Waals surface area contributed by atoms with Crippen molar-refractivity contribution < 1.29 is 27.6 Å². The van der Waals surface area contributed by atoms with Crippen LogP contribution in [0.4, 0.5) is 11.4 Å². The van der Waals surface area contributed by atoms with Gasteiger partial charge >= 0.3 is 0 Å². The highest BCUT2D eigenvalue weighted by atomic mass is 35.5. The lowest BCUT2D eigenvalue weighted by atomic mass is 10.2. The van der Waals surface area contributed by atoms with Gasteiger partial charge in [-0.05, 0) is 90.0 Å². The maximum absolute atomic E-state index is 13.5. The fourth-order valence-electron chi connectivity index (χ4n) is 3.70. The maximum Gasteiger partial charge on any atom is 0.269 e. The number of carbonyl (C=O) groups is 1. The van der Waals surface area contributed by atoms with Crippen LogP contribution in [0.25, 0.3) is 0 Å². The Balaban J connectivity index is 1.39. The fraction of sp³-hybridized carbons (Fsp3) is 0.103. The number of amides is 1. The number of carbonyl (C=O) groups excluding carboxylic acids is 1. The van der Waals surface area contributed by atoms with Crippen LogP contribution < -0.4 is 19.2 Å². The Labute approximate surface area is 247 Å². The molecule has 0 heterocycles. The second-order valence-electron chi connectivity index (χ2n) is 8.74. The second kappa shape index (κ2) is 13.6. The number of halogens is 1. The molecule has 4 rings (SSSR count). The summed E-state index contributed by atoms with van der Waals surface area (Å²) in [5, 5.41) is 15.0. The van der Waals surface area contributed by atoms with Gasteiger partial charge in [-0.15, -0.1) is 0 Å². The average molecular weight is 609 g/mol. The molecule has 0 saturated carbocycles. The molecular weight excluding hydrogens is 584 g/mol. The van der Waals surface area contributed by atoms with Gasteiger partial charge in [-0.1, -0.05) is 17.7 Å². The van der Waals surface area contributed by atoms with E-state index in [4.69, 9.17) is 21.1 Å². The van der Waals surface area contributed by atoms with Gasteiger partial charge in [-0.2, -0.15) is 5.10 Å². The Morgan fingerprint density at radius 1 is 1.00 bits per heavy atom. The van der Waals surface area contributed by atoms with Crippen molar-refractivity contribution in [3.05, 3.63) is 123 Å². The number of nitro groups is 1. The maximum atomic E-state index is 13.5. The first kappa shape index (κ1) is 30.0. The SMILES string of the molecule is COc1ccc(S(=O)(=O)N(CC(=O)N/N=C\c2ccc(OCc3ccc([N+](=O)[O-])cc3)cc2)c2cccc(Cl)c2)cc1. The lowest BCUT2D eigenvalue weighted by molar-refractivity contribution is -0.384. The van der Waals surface area contributed by atoms with E-state index in [1.807, 2.05) is 0 Å². The van der Waals surface area contributed by atoms with Crippen LogP contribution in [-0.2, 0) is 21.4 Å². The first-order chi connectivity index (χ1) is 20.2. The van der Waals surface area contributed by atoms with Crippen LogP contribution in [-0.4, -0.2) is 39.1 Å². The molecule has 13 heteroatoms. The van der Waals surface area contributed by atoms with Crippen LogP contribution >= 0.6 is 11.6 Å². The number of hydrogen-bond donors (Lipinski definition) is 1. The molecule has 1 amide bonds. The molecule has 0 atom stereocenters. The van der Waals surface area contributed by atoms with Crippen molar-refractivity contribution in [1.29, 1.82) is 0 Å². The molecule has 42 heavy (non-hydrogen) atoms. The molecule has 0 fully saturated rings. The van der Waals surface area contributed by atoms with Gasteiger partial charge in [0, 0.05) is 17.2 Å². The van der Waals surface area contributed by atoms with E-state index in [0.29, 0.717) is 22.1 Å². The van der Waals surface area contributed by atoms with Crippen LogP contribution in [0.15, 0.2) is 107 Å². The minimum atomic E-state index is -4.14. The van der Waals surface area contributed by atoms with E-state index in [1.165, 1.54) is 61.9 Å². The molecule has 0 aliphatic rings. The predicted octanol–water partition coefficient (Wildman–Crippen LogP) is 5.18. The fourth-order valence-corrected chi connectivity index (χ4v) is 5.29. The normalized spacial score (nSPS) is 11.2. The number of benzene rings is 4. The zero-order valence-electron chi connectivity index (χ0n) is 22.2.